The van der Waals surface area contributed by atoms with Crippen molar-refractivity contribution >= 4 is 27.5 Å². The minimum Gasteiger partial charge on any atom is -0.381 e. The second-order valence-electron chi connectivity index (χ2n) is 4.58. The number of nitrogens with zero attached hydrogens (tertiary/aromatic N) is 2. The molecule has 1 saturated heterocycles. The van der Waals surface area contributed by atoms with Crippen LogP contribution < -0.4 is 0 Å². The van der Waals surface area contributed by atoms with Crippen molar-refractivity contribution in [2.45, 2.75) is 19.8 Å². The summed E-state index contributed by atoms with van der Waals surface area (Å²) in [4.78, 5) is 0. The van der Waals surface area contributed by atoms with E-state index in [1.165, 1.54) is 0 Å². The van der Waals surface area contributed by atoms with Crippen molar-refractivity contribution in [3.05, 3.63) is 16.4 Å². The van der Waals surface area contributed by atoms with E-state index in [0.717, 1.165) is 47.8 Å². The van der Waals surface area contributed by atoms with Crippen molar-refractivity contribution < 1.29 is 4.74 Å². The van der Waals surface area contributed by atoms with Crippen LogP contribution in [0.25, 0.3) is 0 Å². The van der Waals surface area contributed by atoms with Crippen molar-refractivity contribution in [1.29, 1.82) is 0 Å². The lowest BCUT2D eigenvalue weighted by Gasteiger charge is -2.24. The molecule has 1 aromatic rings. The summed E-state index contributed by atoms with van der Waals surface area (Å²) in [6, 6.07) is 0. The molecule has 0 saturated carbocycles. The van der Waals surface area contributed by atoms with Crippen LogP contribution in [0.1, 0.15) is 17.8 Å². The Labute approximate surface area is 109 Å². The fourth-order valence-corrected chi connectivity index (χ4v) is 3.04. The van der Waals surface area contributed by atoms with Crippen LogP contribution in [0.3, 0.4) is 0 Å². The number of aromatic nitrogens is 2. The molecule has 0 spiro atoms. The summed E-state index contributed by atoms with van der Waals surface area (Å²) in [7, 11) is 1.95. The molecule has 1 unspecified atom stereocenters. The van der Waals surface area contributed by atoms with Crippen LogP contribution in [0, 0.1) is 12.3 Å². The molecule has 2 heterocycles. The largest absolute Gasteiger partial charge is 0.381 e. The van der Waals surface area contributed by atoms with Crippen molar-refractivity contribution in [1.82, 2.24) is 9.78 Å². The first-order chi connectivity index (χ1) is 7.58. The first kappa shape index (κ1) is 12.4. The van der Waals surface area contributed by atoms with Crippen LogP contribution in [0.5, 0.6) is 0 Å². The first-order valence-electron chi connectivity index (χ1n) is 5.40. The van der Waals surface area contributed by atoms with E-state index in [-0.39, 0.29) is 5.41 Å². The molecule has 3 nitrogen and oxygen atoms in total. The second-order valence-corrected chi connectivity index (χ2v) is 5.52. The number of hydrogen-bond acceptors (Lipinski definition) is 2. The predicted molar refractivity (Wildman–Crippen MR) is 68.3 cm³/mol. The zero-order valence-electron chi connectivity index (χ0n) is 9.59. The molecule has 1 atom stereocenters. The molecule has 0 aromatic carbocycles. The van der Waals surface area contributed by atoms with Gasteiger partial charge in [0.1, 0.15) is 0 Å². The average Bonchev–Trinajstić information content (AvgIpc) is 2.81. The van der Waals surface area contributed by atoms with E-state index in [2.05, 4.69) is 21.0 Å². The molecule has 16 heavy (non-hydrogen) atoms. The van der Waals surface area contributed by atoms with Gasteiger partial charge in [0.15, 0.2) is 0 Å². The lowest BCUT2D eigenvalue weighted by Crippen LogP contribution is -2.27. The maximum absolute atomic E-state index is 6.27. The molecular weight excluding hydrogens is 291 g/mol. The Morgan fingerprint density at radius 2 is 2.38 bits per heavy atom. The average molecular weight is 308 g/mol. The Hall–Kier alpha value is -0.0600. The van der Waals surface area contributed by atoms with Gasteiger partial charge in [-0.25, -0.2) is 0 Å². The Kier molecular flexibility index (Phi) is 3.62. The van der Waals surface area contributed by atoms with Gasteiger partial charge in [-0.2, -0.15) is 5.10 Å². The minimum atomic E-state index is 0.184. The topological polar surface area (TPSA) is 27.1 Å². The van der Waals surface area contributed by atoms with Gasteiger partial charge in [-0.3, -0.25) is 4.68 Å². The van der Waals surface area contributed by atoms with Crippen LogP contribution in [-0.4, -0.2) is 28.3 Å². The summed E-state index contributed by atoms with van der Waals surface area (Å²) >= 11 is 9.87. The number of aryl methyl sites for hydroxylation is 2. The molecule has 0 aliphatic carbocycles. The van der Waals surface area contributed by atoms with Gasteiger partial charge in [-0.15, -0.1) is 0 Å². The Bertz CT molecular complexity index is 386. The smallest absolute Gasteiger partial charge is 0.0847 e. The third-order valence-corrected chi connectivity index (χ3v) is 4.95. The first-order valence-corrected chi connectivity index (χ1v) is 6.90. The van der Waals surface area contributed by atoms with E-state index in [1.54, 1.807) is 0 Å². The van der Waals surface area contributed by atoms with Crippen LogP contribution in [-0.2, 0) is 18.2 Å². The summed E-state index contributed by atoms with van der Waals surface area (Å²) in [6.45, 7) is 3.59. The van der Waals surface area contributed by atoms with Gasteiger partial charge in [-0.05, 0) is 19.8 Å². The van der Waals surface area contributed by atoms with Crippen LogP contribution in [0.15, 0.2) is 0 Å². The molecule has 1 aliphatic rings. The van der Waals surface area contributed by atoms with E-state index >= 15 is 0 Å². The number of halogens is 2. The fraction of sp³-hybridized carbons (Fsp3) is 0.727. The molecule has 0 N–H and O–H groups in total. The Balaban J connectivity index is 2.25. The zero-order chi connectivity index (χ0) is 11.8. The molecule has 0 bridgehead atoms. The Morgan fingerprint density at radius 3 is 2.81 bits per heavy atom. The molecule has 0 amide bonds. The van der Waals surface area contributed by atoms with E-state index in [1.807, 2.05) is 18.7 Å². The third-order valence-electron chi connectivity index (χ3n) is 3.27. The van der Waals surface area contributed by atoms with Crippen molar-refractivity contribution in [2.24, 2.45) is 12.5 Å². The van der Waals surface area contributed by atoms with Gasteiger partial charge in [-0.1, -0.05) is 27.5 Å². The molecular formula is C11H16BrClN2O. The molecule has 5 heteroatoms. The van der Waals surface area contributed by atoms with Crippen LogP contribution in [0.2, 0.25) is 5.02 Å². The zero-order valence-corrected chi connectivity index (χ0v) is 11.9. The summed E-state index contributed by atoms with van der Waals surface area (Å²) < 4.78 is 7.40. The van der Waals surface area contributed by atoms with Gasteiger partial charge in [0, 0.05) is 24.4 Å². The monoisotopic (exact) mass is 306 g/mol. The highest BCUT2D eigenvalue weighted by molar-refractivity contribution is 9.09. The van der Waals surface area contributed by atoms with Gasteiger partial charge >= 0.3 is 0 Å². The van der Waals surface area contributed by atoms with E-state index in [0.29, 0.717) is 0 Å². The van der Waals surface area contributed by atoms with Gasteiger partial charge < -0.3 is 4.74 Å². The summed E-state index contributed by atoms with van der Waals surface area (Å²) in [5, 5.41) is 6.09. The Morgan fingerprint density at radius 1 is 1.62 bits per heavy atom. The minimum absolute atomic E-state index is 0.184. The van der Waals surface area contributed by atoms with Gasteiger partial charge in [0.05, 0.1) is 23.0 Å². The molecule has 1 aromatic heterocycles. The molecule has 90 valence electrons. The highest BCUT2D eigenvalue weighted by Gasteiger charge is 2.35. The second kappa shape index (κ2) is 4.67. The lowest BCUT2D eigenvalue weighted by molar-refractivity contribution is 0.161. The predicted octanol–water partition coefficient (Wildman–Crippen LogP) is 2.73. The number of ether oxygens (including phenoxy) is 1. The SMILES string of the molecule is Cc1nn(C)c(CC2(CBr)CCOC2)c1Cl. The fourth-order valence-electron chi connectivity index (χ4n) is 2.17. The van der Waals surface area contributed by atoms with E-state index in [9.17, 15) is 0 Å². The molecule has 1 aliphatic heterocycles. The summed E-state index contributed by atoms with van der Waals surface area (Å²) in [5.74, 6) is 0. The summed E-state index contributed by atoms with van der Waals surface area (Å²) in [6.07, 6.45) is 2.01. The van der Waals surface area contributed by atoms with Gasteiger partial charge in [0.2, 0.25) is 0 Å². The van der Waals surface area contributed by atoms with E-state index in [4.69, 9.17) is 16.3 Å². The maximum atomic E-state index is 6.27. The lowest BCUT2D eigenvalue weighted by atomic mass is 9.85. The third kappa shape index (κ3) is 2.15. The quantitative estimate of drug-likeness (QED) is 0.803. The maximum Gasteiger partial charge on any atom is 0.0847 e. The highest BCUT2D eigenvalue weighted by Crippen LogP contribution is 2.36. The van der Waals surface area contributed by atoms with Crippen molar-refractivity contribution in [2.75, 3.05) is 18.5 Å². The highest BCUT2D eigenvalue weighted by atomic mass is 79.9. The standard InChI is InChI=1S/C11H16BrClN2O/c1-8-10(13)9(15(2)14-8)5-11(6-12)3-4-16-7-11/h3-7H2,1-2H3. The molecule has 0 radical (unpaired) electrons. The summed E-state index contributed by atoms with van der Waals surface area (Å²) in [5.41, 5.74) is 2.20. The van der Waals surface area contributed by atoms with E-state index < -0.39 is 0 Å². The number of hydrogen-bond donors (Lipinski definition) is 0. The van der Waals surface area contributed by atoms with Gasteiger partial charge in [0.25, 0.3) is 0 Å². The number of rotatable bonds is 3. The molecule has 2 rings (SSSR count). The van der Waals surface area contributed by atoms with Crippen LogP contribution >= 0.6 is 27.5 Å². The van der Waals surface area contributed by atoms with Crippen LogP contribution in [0.4, 0.5) is 0 Å². The van der Waals surface area contributed by atoms with Crippen molar-refractivity contribution in [3.8, 4) is 0 Å². The normalized spacial score (nSPS) is 25.2. The number of alkyl halides is 1. The van der Waals surface area contributed by atoms with Crippen molar-refractivity contribution in [3.63, 3.8) is 0 Å². The molecule has 1 fully saturated rings.